The summed E-state index contributed by atoms with van der Waals surface area (Å²) in [6.07, 6.45) is 1.10. The van der Waals surface area contributed by atoms with Crippen LogP contribution in [0.2, 0.25) is 10.0 Å². The van der Waals surface area contributed by atoms with Crippen LogP contribution in [-0.2, 0) is 9.59 Å². The topological polar surface area (TPSA) is 61.4 Å². The Morgan fingerprint density at radius 3 is 2.21 bits per heavy atom. The second kappa shape index (κ2) is 11.1. The lowest BCUT2D eigenvalue weighted by Gasteiger charge is -2.27. The van der Waals surface area contributed by atoms with E-state index in [1.165, 1.54) is 0 Å². The molecule has 7 heteroatoms. The van der Waals surface area contributed by atoms with Crippen LogP contribution < -0.4 is 10.6 Å². The SMILES string of the molecule is CCCN(CCC(=O)Nc1c(Cl)cccc1Cl)C(C)C(=O)Nc1ccccc1. The molecule has 0 spiro atoms. The van der Waals surface area contributed by atoms with Crippen molar-refractivity contribution in [1.29, 1.82) is 0 Å². The van der Waals surface area contributed by atoms with Crippen molar-refractivity contribution in [2.45, 2.75) is 32.7 Å². The Labute approximate surface area is 176 Å². The van der Waals surface area contributed by atoms with Crippen molar-refractivity contribution in [1.82, 2.24) is 4.90 Å². The van der Waals surface area contributed by atoms with Crippen LogP contribution in [0.1, 0.15) is 26.7 Å². The summed E-state index contributed by atoms with van der Waals surface area (Å²) in [4.78, 5) is 26.9. The van der Waals surface area contributed by atoms with Crippen LogP contribution in [0.15, 0.2) is 48.5 Å². The number of nitrogens with one attached hydrogen (secondary N) is 2. The normalized spacial score (nSPS) is 11.9. The molecule has 0 heterocycles. The number of nitrogens with zero attached hydrogens (tertiary/aromatic N) is 1. The van der Waals surface area contributed by atoms with E-state index in [0.29, 0.717) is 28.8 Å². The summed E-state index contributed by atoms with van der Waals surface area (Å²) in [5.74, 6) is -0.305. The lowest BCUT2D eigenvalue weighted by atomic mass is 10.2. The zero-order valence-corrected chi connectivity index (χ0v) is 17.6. The zero-order valence-electron chi connectivity index (χ0n) is 16.0. The Kier molecular flexibility index (Phi) is 8.77. The molecule has 2 aromatic carbocycles. The highest BCUT2D eigenvalue weighted by atomic mass is 35.5. The molecule has 5 nitrogen and oxygen atoms in total. The number of rotatable bonds is 9. The molecule has 1 atom stereocenters. The summed E-state index contributed by atoms with van der Waals surface area (Å²) in [6, 6.07) is 14.0. The molecule has 0 saturated heterocycles. The van der Waals surface area contributed by atoms with Gasteiger partial charge in [0.15, 0.2) is 0 Å². The Balaban J connectivity index is 1.94. The summed E-state index contributed by atoms with van der Waals surface area (Å²) in [6.45, 7) is 5.05. The smallest absolute Gasteiger partial charge is 0.241 e. The second-order valence-corrected chi connectivity index (χ2v) is 7.28. The first-order chi connectivity index (χ1) is 13.4. The molecule has 150 valence electrons. The lowest BCUT2D eigenvalue weighted by Crippen LogP contribution is -2.43. The predicted octanol–water partition coefficient (Wildman–Crippen LogP) is 5.06. The molecule has 28 heavy (non-hydrogen) atoms. The van der Waals surface area contributed by atoms with Crippen LogP contribution in [0.4, 0.5) is 11.4 Å². The summed E-state index contributed by atoms with van der Waals surface area (Å²) in [7, 11) is 0. The molecule has 2 N–H and O–H groups in total. The number of hydrogen-bond donors (Lipinski definition) is 2. The van der Waals surface area contributed by atoms with Gasteiger partial charge < -0.3 is 10.6 Å². The fourth-order valence-electron chi connectivity index (χ4n) is 2.78. The molecule has 0 aliphatic rings. The Morgan fingerprint density at radius 1 is 0.964 bits per heavy atom. The maximum Gasteiger partial charge on any atom is 0.241 e. The summed E-state index contributed by atoms with van der Waals surface area (Å²) < 4.78 is 0. The van der Waals surface area contributed by atoms with Crippen LogP contribution in [0.25, 0.3) is 0 Å². The third-order valence-corrected chi connectivity index (χ3v) is 4.96. The first kappa shape index (κ1) is 22.2. The van der Waals surface area contributed by atoms with Crippen molar-refractivity contribution in [2.75, 3.05) is 23.7 Å². The number of carbonyl (C=O) groups is 2. The van der Waals surface area contributed by atoms with Crippen LogP contribution in [0.3, 0.4) is 0 Å². The molecule has 0 saturated carbocycles. The van der Waals surface area contributed by atoms with Gasteiger partial charge in [0.05, 0.1) is 21.8 Å². The number of halogens is 2. The summed E-state index contributed by atoms with van der Waals surface area (Å²) in [5.41, 5.74) is 1.16. The van der Waals surface area contributed by atoms with E-state index in [4.69, 9.17) is 23.2 Å². The minimum absolute atomic E-state index is 0.103. The van der Waals surface area contributed by atoms with Crippen molar-refractivity contribution in [3.05, 3.63) is 58.6 Å². The van der Waals surface area contributed by atoms with E-state index >= 15 is 0 Å². The van der Waals surface area contributed by atoms with E-state index < -0.39 is 0 Å². The van der Waals surface area contributed by atoms with Gasteiger partial charge in [0.25, 0.3) is 0 Å². The molecular weight excluding hydrogens is 397 g/mol. The van der Waals surface area contributed by atoms with Crippen molar-refractivity contribution < 1.29 is 9.59 Å². The van der Waals surface area contributed by atoms with E-state index in [2.05, 4.69) is 10.6 Å². The standard InChI is InChI=1S/C21H25Cl2N3O2/c1-3-13-26(15(2)21(28)24-16-8-5-4-6-9-16)14-12-19(27)25-20-17(22)10-7-11-18(20)23/h4-11,15H,3,12-14H2,1-2H3,(H,24,28)(H,25,27). The van der Waals surface area contributed by atoms with Crippen LogP contribution in [0, 0.1) is 0 Å². The molecule has 0 fully saturated rings. The number of carbonyl (C=O) groups excluding carboxylic acids is 2. The number of anilines is 2. The highest BCUT2D eigenvalue weighted by molar-refractivity contribution is 6.39. The molecule has 0 aromatic heterocycles. The minimum Gasteiger partial charge on any atom is -0.325 e. The molecule has 0 radical (unpaired) electrons. The van der Waals surface area contributed by atoms with E-state index in [1.807, 2.05) is 49.1 Å². The third kappa shape index (κ3) is 6.51. The predicted molar refractivity (Wildman–Crippen MR) is 116 cm³/mol. The highest BCUT2D eigenvalue weighted by Gasteiger charge is 2.21. The Hall–Kier alpha value is -2.08. The van der Waals surface area contributed by atoms with E-state index in [0.717, 1.165) is 12.1 Å². The second-order valence-electron chi connectivity index (χ2n) is 6.46. The first-order valence-electron chi connectivity index (χ1n) is 9.26. The minimum atomic E-state index is -0.364. The van der Waals surface area contributed by atoms with Gasteiger partial charge in [-0.1, -0.05) is 54.4 Å². The van der Waals surface area contributed by atoms with Crippen molar-refractivity contribution in [3.63, 3.8) is 0 Å². The maximum atomic E-state index is 12.6. The maximum absolute atomic E-state index is 12.6. The van der Waals surface area contributed by atoms with Crippen LogP contribution in [0.5, 0.6) is 0 Å². The Morgan fingerprint density at radius 2 is 1.61 bits per heavy atom. The van der Waals surface area contributed by atoms with Gasteiger partial charge in [0.1, 0.15) is 0 Å². The summed E-state index contributed by atoms with van der Waals surface area (Å²) >= 11 is 12.2. The molecule has 0 aliphatic carbocycles. The van der Waals surface area contributed by atoms with Crippen molar-refractivity contribution in [2.24, 2.45) is 0 Å². The average Bonchev–Trinajstić information content (AvgIpc) is 2.68. The highest BCUT2D eigenvalue weighted by Crippen LogP contribution is 2.29. The van der Waals surface area contributed by atoms with Gasteiger partial charge in [-0.2, -0.15) is 0 Å². The summed E-state index contributed by atoms with van der Waals surface area (Å²) in [5, 5.41) is 6.44. The van der Waals surface area contributed by atoms with Gasteiger partial charge in [-0.3, -0.25) is 14.5 Å². The molecule has 0 aliphatic heterocycles. The fourth-order valence-corrected chi connectivity index (χ4v) is 3.28. The lowest BCUT2D eigenvalue weighted by molar-refractivity contribution is -0.122. The van der Waals surface area contributed by atoms with E-state index in [9.17, 15) is 9.59 Å². The fraction of sp³-hybridized carbons (Fsp3) is 0.333. The van der Waals surface area contributed by atoms with Gasteiger partial charge in [-0.25, -0.2) is 0 Å². The number of amides is 2. The van der Waals surface area contributed by atoms with Crippen LogP contribution >= 0.6 is 23.2 Å². The Bertz CT molecular complexity index is 779. The number of para-hydroxylation sites is 2. The van der Waals surface area contributed by atoms with Crippen molar-refractivity contribution in [3.8, 4) is 0 Å². The molecule has 2 rings (SSSR count). The number of benzene rings is 2. The zero-order chi connectivity index (χ0) is 20.5. The van der Waals surface area contributed by atoms with Gasteiger partial charge in [-0.15, -0.1) is 0 Å². The van der Waals surface area contributed by atoms with Gasteiger partial charge in [0, 0.05) is 18.7 Å². The van der Waals surface area contributed by atoms with Crippen LogP contribution in [-0.4, -0.2) is 35.8 Å². The van der Waals surface area contributed by atoms with Gasteiger partial charge in [-0.05, 0) is 44.2 Å². The largest absolute Gasteiger partial charge is 0.325 e. The van der Waals surface area contributed by atoms with Gasteiger partial charge in [0.2, 0.25) is 11.8 Å². The quantitative estimate of drug-likeness (QED) is 0.594. The molecule has 0 bridgehead atoms. The van der Waals surface area contributed by atoms with Gasteiger partial charge >= 0.3 is 0 Å². The van der Waals surface area contributed by atoms with E-state index in [-0.39, 0.29) is 24.3 Å². The average molecular weight is 422 g/mol. The molecule has 1 unspecified atom stereocenters. The molecular formula is C21H25Cl2N3O2. The third-order valence-electron chi connectivity index (χ3n) is 4.33. The van der Waals surface area contributed by atoms with E-state index in [1.54, 1.807) is 18.2 Å². The van der Waals surface area contributed by atoms with Crippen molar-refractivity contribution >= 4 is 46.4 Å². The molecule has 2 amide bonds. The first-order valence-corrected chi connectivity index (χ1v) is 10.0. The molecule has 2 aromatic rings. The monoisotopic (exact) mass is 421 g/mol. The number of hydrogen-bond acceptors (Lipinski definition) is 3.